The van der Waals surface area contributed by atoms with E-state index in [1.54, 1.807) is 0 Å². The lowest BCUT2D eigenvalue weighted by Gasteiger charge is -2.12. The molecule has 18 heavy (non-hydrogen) atoms. The largest absolute Gasteiger partial charge is 0.573 e. The molecule has 1 rings (SSSR count). The van der Waals surface area contributed by atoms with Crippen molar-refractivity contribution in [1.29, 1.82) is 0 Å². The normalized spacial score (nSPS) is 11.6. The maximum Gasteiger partial charge on any atom is 0.573 e. The van der Waals surface area contributed by atoms with Gasteiger partial charge in [0.2, 0.25) is 0 Å². The molecular weight excluding hydrogens is 266 g/mol. The summed E-state index contributed by atoms with van der Waals surface area (Å²) < 4.78 is 66.9. The highest BCUT2D eigenvalue weighted by atomic mass is 19.4. The van der Waals surface area contributed by atoms with Crippen molar-refractivity contribution < 1.29 is 41.5 Å². The fourth-order valence-electron chi connectivity index (χ4n) is 1.11. The first-order chi connectivity index (χ1) is 8.17. The number of halogens is 5. The number of ether oxygens (including phenoxy) is 2. The van der Waals surface area contributed by atoms with E-state index < -0.39 is 37.1 Å². The summed E-state index contributed by atoms with van der Waals surface area (Å²) in [6.45, 7) is -3.27. The van der Waals surface area contributed by atoms with Crippen molar-refractivity contribution >= 4 is 12.6 Å². The lowest BCUT2D eigenvalue weighted by atomic mass is 9.80. The van der Waals surface area contributed by atoms with E-state index >= 15 is 0 Å². The Labute approximate surface area is 97.7 Å². The van der Waals surface area contributed by atoms with E-state index in [1.807, 2.05) is 0 Å². The van der Waals surface area contributed by atoms with E-state index in [0.29, 0.717) is 12.1 Å². The van der Waals surface area contributed by atoms with Crippen LogP contribution in [0, 0.1) is 0 Å². The van der Waals surface area contributed by atoms with Gasteiger partial charge in [-0.3, -0.25) is 0 Å². The molecule has 2 N–H and O–H groups in total. The highest BCUT2D eigenvalue weighted by molar-refractivity contribution is 6.58. The molecule has 0 unspecified atom stereocenters. The molecular formula is C8H6BF5O4. The SMILES string of the molecule is OB(O)c1cc(OC(F)F)cc(OC(F)(F)F)c1. The molecule has 1 aromatic rings. The zero-order valence-corrected chi connectivity index (χ0v) is 8.49. The predicted molar refractivity (Wildman–Crippen MR) is 49.6 cm³/mol. The van der Waals surface area contributed by atoms with Gasteiger partial charge in [0.05, 0.1) is 0 Å². The van der Waals surface area contributed by atoms with Gasteiger partial charge >= 0.3 is 20.1 Å². The van der Waals surface area contributed by atoms with Crippen LogP contribution in [0.1, 0.15) is 0 Å². The fourth-order valence-corrected chi connectivity index (χ4v) is 1.11. The van der Waals surface area contributed by atoms with Crippen molar-refractivity contribution in [3.8, 4) is 11.5 Å². The van der Waals surface area contributed by atoms with E-state index in [2.05, 4.69) is 9.47 Å². The first-order valence-corrected chi connectivity index (χ1v) is 4.39. The van der Waals surface area contributed by atoms with Gasteiger partial charge in [0.25, 0.3) is 0 Å². The number of alkyl halides is 5. The molecule has 0 fully saturated rings. The maximum absolute atomic E-state index is 11.9. The van der Waals surface area contributed by atoms with Crippen molar-refractivity contribution in [2.45, 2.75) is 13.0 Å². The summed E-state index contributed by atoms with van der Waals surface area (Å²) in [5.74, 6) is -1.58. The Morgan fingerprint density at radius 3 is 2.06 bits per heavy atom. The molecule has 4 nitrogen and oxygen atoms in total. The van der Waals surface area contributed by atoms with Crippen molar-refractivity contribution in [3.05, 3.63) is 18.2 Å². The summed E-state index contributed by atoms with van der Waals surface area (Å²) in [7, 11) is -2.15. The molecule has 0 radical (unpaired) electrons. The molecule has 0 bridgehead atoms. The van der Waals surface area contributed by atoms with Crippen LogP contribution in [0.2, 0.25) is 0 Å². The molecule has 10 heteroatoms. The Bertz CT molecular complexity index is 409. The Hall–Kier alpha value is -1.55. The molecule has 0 saturated carbocycles. The van der Waals surface area contributed by atoms with Crippen molar-refractivity contribution in [3.63, 3.8) is 0 Å². The van der Waals surface area contributed by atoms with Gasteiger partial charge in [-0.2, -0.15) is 8.78 Å². The third kappa shape index (κ3) is 4.76. The molecule has 0 saturated heterocycles. The predicted octanol–water partition coefficient (Wildman–Crippen LogP) is 0.866. The molecule has 1 aromatic carbocycles. The van der Waals surface area contributed by atoms with E-state index in [4.69, 9.17) is 10.0 Å². The van der Waals surface area contributed by atoms with Crippen LogP contribution in [0.15, 0.2) is 18.2 Å². The minimum Gasteiger partial charge on any atom is -0.435 e. The highest BCUT2D eigenvalue weighted by Gasteiger charge is 2.32. The average Bonchev–Trinajstić information content (AvgIpc) is 2.12. The molecule has 0 aliphatic heterocycles. The Morgan fingerprint density at radius 1 is 1.06 bits per heavy atom. The second-order valence-electron chi connectivity index (χ2n) is 3.04. The number of rotatable bonds is 4. The third-order valence-corrected chi connectivity index (χ3v) is 1.66. The summed E-state index contributed by atoms with van der Waals surface area (Å²) in [4.78, 5) is 0. The van der Waals surface area contributed by atoms with E-state index in [1.165, 1.54) is 0 Å². The Balaban J connectivity index is 3.06. The molecule has 0 spiro atoms. The minimum absolute atomic E-state index is 0.479. The lowest BCUT2D eigenvalue weighted by molar-refractivity contribution is -0.274. The van der Waals surface area contributed by atoms with Crippen molar-refractivity contribution in [2.75, 3.05) is 0 Å². The van der Waals surface area contributed by atoms with Gasteiger partial charge in [-0.25, -0.2) is 0 Å². The number of hydrogen-bond donors (Lipinski definition) is 2. The number of benzene rings is 1. The molecule has 0 aromatic heterocycles. The zero-order chi connectivity index (χ0) is 13.9. The lowest BCUT2D eigenvalue weighted by Crippen LogP contribution is -2.30. The van der Waals surface area contributed by atoms with Crippen LogP contribution in [-0.4, -0.2) is 30.1 Å². The van der Waals surface area contributed by atoms with Gasteiger partial charge in [-0.1, -0.05) is 0 Å². The van der Waals surface area contributed by atoms with Crippen LogP contribution in [0.4, 0.5) is 22.0 Å². The summed E-state index contributed by atoms with van der Waals surface area (Å²) in [6.07, 6.45) is -5.04. The van der Waals surface area contributed by atoms with E-state index in [9.17, 15) is 22.0 Å². The van der Waals surface area contributed by atoms with Crippen LogP contribution >= 0.6 is 0 Å². The minimum atomic E-state index is -5.04. The monoisotopic (exact) mass is 272 g/mol. The first-order valence-electron chi connectivity index (χ1n) is 4.39. The van der Waals surface area contributed by atoms with Gasteiger partial charge in [0, 0.05) is 6.07 Å². The fraction of sp³-hybridized carbons (Fsp3) is 0.250. The number of hydrogen-bond acceptors (Lipinski definition) is 4. The molecule has 0 atom stereocenters. The summed E-state index contributed by atoms with van der Waals surface area (Å²) in [6, 6.07) is 1.93. The summed E-state index contributed by atoms with van der Waals surface area (Å²) in [5.41, 5.74) is -0.479. The third-order valence-electron chi connectivity index (χ3n) is 1.66. The molecule has 0 aliphatic rings. The first kappa shape index (κ1) is 14.5. The topological polar surface area (TPSA) is 58.9 Å². The average molecular weight is 272 g/mol. The molecule has 0 heterocycles. The quantitative estimate of drug-likeness (QED) is 0.630. The van der Waals surface area contributed by atoms with Crippen molar-refractivity contribution in [1.82, 2.24) is 0 Å². The maximum atomic E-state index is 11.9. The van der Waals surface area contributed by atoms with E-state index in [-0.39, 0.29) is 0 Å². The highest BCUT2D eigenvalue weighted by Crippen LogP contribution is 2.26. The summed E-state index contributed by atoms with van der Waals surface area (Å²) in [5, 5.41) is 17.6. The van der Waals surface area contributed by atoms with Crippen LogP contribution in [0.5, 0.6) is 11.5 Å². The second kappa shape index (κ2) is 5.40. The smallest absolute Gasteiger partial charge is 0.435 e. The van der Waals surface area contributed by atoms with Crippen LogP contribution in [0.25, 0.3) is 0 Å². The molecule has 0 aliphatic carbocycles. The Kier molecular flexibility index (Phi) is 4.35. The van der Waals surface area contributed by atoms with Crippen LogP contribution < -0.4 is 14.9 Å². The second-order valence-corrected chi connectivity index (χ2v) is 3.04. The Morgan fingerprint density at radius 2 is 1.61 bits per heavy atom. The standard InChI is InChI=1S/C8H6BF5O4/c10-7(11)17-5-1-4(9(15)16)2-6(3-5)18-8(12,13)14/h1-3,7,15-16H. The van der Waals surface area contributed by atoms with Crippen LogP contribution in [-0.2, 0) is 0 Å². The van der Waals surface area contributed by atoms with Gasteiger partial charge in [-0.15, -0.1) is 13.2 Å². The molecule has 100 valence electrons. The van der Waals surface area contributed by atoms with Crippen LogP contribution in [0.3, 0.4) is 0 Å². The molecule has 0 amide bonds. The van der Waals surface area contributed by atoms with Gasteiger partial charge < -0.3 is 19.5 Å². The van der Waals surface area contributed by atoms with E-state index in [0.717, 1.165) is 6.07 Å². The van der Waals surface area contributed by atoms with Gasteiger partial charge in [0.15, 0.2) is 0 Å². The van der Waals surface area contributed by atoms with Gasteiger partial charge in [0.1, 0.15) is 11.5 Å². The zero-order valence-electron chi connectivity index (χ0n) is 8.49. The summed E-state index contributed by atoms with van der Waals surface area (Å²) >= 11 is 0. The van der Waals surface area contributed by atoms with Crippen molar-refractivity contribution in [2.24, 2.45) is 0 Å². The van der Waals surface area contributed by atoms with Gasteiger partial charge in [-0.05, 0) is 17.6 Å².